The number of aromatic nitrogens is 2. The van der Waals surface area contributed by atoms with Gasteiger partial charge in [0.05, 0.1) is 12.2 Å². The lowest BCUT2D eigenvalue weighted by atomic mass is 9.86. The number of fused-ring (bicyclic) bond motifs is 1. The van der Waals surface area contributed by atoms with E-state index in [1.807, 2.05) is 0 Å². The Kier molecular flexibility index (Phi) is 9.25. The third kappa shape index (κ3) is 6.46. The molecule has 0 aliphatic carbocycles. The van der Waals surface area contributed by atoms with Crippen molar-refractivity contribution in [3.05, 3.63) is 52.6 Å². The van der Waals surface area contributed by atoms with Crippen LogP contribution < -0.4 is 10.1 Å². The molecule has 1 amide bonds. The maximum absolute atomic E-state index is 13.0. The van der Waals surface area contributed by atoms with Gasteiger partial charge in [0.25, 0.3) is 5.91 Å². The van der Waals surface area contributed by atoms with E-state index in [1.165, 1.54) is 16.7 Å². The third-order valence-corrected chi connectivity index (χ3v) is 7.70. The molecule has 10 heteroatoms. The lowest BCUT2D eigenvalue weighted by Crippen LogP contribution is -2.57. The fourth-order valence-corrected chi connectivity index (χ4v) is 5.55. The summed E-state index contributed by atoms with van der Waals surface area (Å²) in [6.45, 7) is 10.9. The van der Waals surface area contributed by atoms with Crippen LogP contribution in [0.4, 0.5) is 13.2 Å². The Morgan fingerprint density at radius 2 is 1.87 bits per heavy atom. The number of piperidine rings is 1. The van der Waals surface area contributed by atoms with Crippen molar-refractivity contribution in [3.63, 3.8) is 0 Å². The molecule has 1 N–H and O–H groups in total. The highest BCUT2D eigenvalue weighted by Gasteiger charge is 2.38. The van der Waals surface area contributed by atoms with Gasteiger partial charge in [-0.3, -0.25) is 9.69 Å². The number of hydrogen-bond acceptors (Lipinski definition) is 6. The smallest absolute Gasteiger partial charge is 0.451 e. The number of carbonyl (C=O) groups excluding carboxylic acids is 1. The number of rotatable bonds is 9. The summed E-state index contributed by atoms with van der Waals surface area (Å²) in [4.78, 5) is 23.9. The van der Waals surface area contributed by atoms with Crippen LogP contribution in [0.5, 0.6) is 5.75 Å². The van der Waals surface area contributed by atoms with Gasteiger partial charge in [0.1, 0.15) is 5.75 Å². The molecule has 2 aromatic rings. The van der Waals surface area contributed by atoms with Crippen LogP contribution in [0.15, 0.2) is 24.5 Å². The Balaban J connectivity index is 1.39. The van der Waals surface area contributed by atoms with Crippen molar-refractivity contribution >= 4 is 5.91 Å². The van der Waals surface area contributed by atoms with Crippen LogP contribution in [-0.4, -0.2) is 71.0 Å². The maximum Gasteiger partial charge on any atom is 0.451 e. The van der Waals surface area contributed by atoms with E-state index in [4.69, 9.17) is 4.74 Å². The molecule has 2 saturated heterocycles. The van der Waals surface area contributed by atoms with E-state index in [9.17, 15) is 18.0 Å². The molecule has 0 spiro atoms. The van der Waals surface area contributed by atoms with Crippen molar-refractivity contribution in [3.8, 4) is 5.75 Å². The summed E-state index contributed by atoms with van der Waals surface area (Å²) in [6, 6.07) is 4.75. The summed E-state index contributed by atoms with van der Waals surface area (Å²) < 4.78 is 44.4. The molecule has 7 nitrogen and oxygen atoms in total. The monoisotopic (exact) mass is 533 g/mol. The first-order valence-electron chi connectivity index (χ1n) is 13.6. The zero-order valence-electron chi connectivity index (χ0n) is 22.5. The van der Waals surface area contributed by atoms with Crippen molar-refractivity contribution in [1.82, 2.24) is 25.1 Å². The average molecular weight is 534 g/mol. The molecule has 1 aromatic carbocycles. The number of halogens is 3. The van der Waals surface area contributed by atoms with E-state index >= 15 is 0 Å². The second kappa shape index (κ2) is 12.4. The molecule has 2 fully saturated rings. The van der Waals surface area contributed by atoms with Gasteiger partial charge in [-0.25, -0.2) is 9.97 Å². The minimum Gasteiger partial charge on any atom is -0.493 e. The summed E-state index contributed by atoms with van der Waals surface area (Å²) in [5.41, 5.74) is 3.81. The fourth-order valence-electron chi connectivity index (χ4n) is 5.55. The van der Waals surface area contributed by atoms with Crippen LogP contribution in [0.3, 0.4) is 0 Å². The van der Waals surface area contributed by atoms with Gasteiger partial charge in [-0.05, 0) is 81.8 Å². The summed E-state index contributed by atoms with van der Waals surface area (Å²) in [5.74, 6) is -0.623. The number of nitrogens with zero attached hydrogens (tertiary/aromatic N) is 4. The molecular formula is C28H38F3N5O2. The van der Waals surface area contributed by atoms with Crippen molar-refractivity contribution in [1.29, 1.82) is 0 Å². The molecule has 1 unspecified atom stereocenters. The van der Waals surface area contributed by atoms with E-state index < -0.39 is 12.0 Å². The Bertz CT molecular complexity index is 1090. The molecule has 3 heterocycles. The largest absolute Gasteiger partial charge is 0.493 e. The first-order valence-corrected chi connectivity index (χ1v) is 13.6. The Hall–Kier alpha value is -2.72. The molecule has 2 atom stereocenters. The lowest BCUT2D eigenvalue weighted by Gasteiger charge is -2.48. The summed E-state index contributed by atoms with van der Waals surface area (Å²) in [6.07, 6.45) is 2.51. The Morgan fingerprint density at radius 3 is 2.58 bits per heavy atom. The second-order valence-electron chi connectivity index (χ2n) is 10.2. The highest BCUT2D eigenvalue weighted by molar-refractivity contribution is 5.93. The van der Waals surface area contributed by atoms with E-state index in [1.54, 1.807) is 4.90 Å². The molecule has 38 heavy (non-hydrogen) atoms. The first kappa shape index (κ1) is 28.3. The van der Waals surface area contributed by atoms with Gasteiger partial charge in [0.15, 0.2) is 0 Å². The number of benzene rings is 1. The number of piperazine rings is 1. The number of alkyl halides is 3. The molecule has 4 rings (SSSR count). The Morgan fingerprint density at radius 1 is 1.11 bits per heavy atom. The van der Waals surface area contributed by atoms with Gasteiger partial charge in [-0.2, -0.15) is 13.2 Å². The first-order chi connectivity index (χ1) is 18.2. The molecule has 2 aliphatic heterocycles. The molecule has 208 valence electrons. The number of nitrogens with one attached hydrogen (secondary N) is 1. The van der Waals surface area contributed by atoms with Crippen LogP contribution in [0, 0.1) is 13.8 Å². The third-order valence-electron chi connectivity index (χ3n) is 7.70. The summed E-state index contributed by atoms with van der Waals surface area (Å²) in [7, 11) is 0. The predicted molar refractivity (Wildman–Crippen MR) is 139 cm³/mol. The minimum absolute atomic E-state index is 0.0852. The number of hydrogen-bond donors (Lipinski definition) is 1. The van der Waals surface area contributed by atoms with E-state index in [-0.39, 0.29) is 23.6 Å². The van der Waals surface area contributed by atoms with E-state index in [0.717, 1.165) is 63.3 Å². The van der Waals surface area contributed by atoms with Gasteiger partial charge in [0.2, 0.25) is 5.82 Å². The van der Waals surface area contributed by atoms with E-state index in [2.05, 4.69) is 53.1 Å². The van der Waals surface area contributed by atoms with Crippen LogP contribution in [-0.2, 0) is 6.18 Å². The molecule has 0 radical (unpaired) electrons. The van der Waals surface area contributed by atoms with Crippen molar-refractivity contribution in [2.75, 3.05) is 39.3 Å². The van der Waals surface area contributed by atoms with Crippen LogP contribution in [0.2, 0.25) is 0 Å². The fraction of sp³-hybridized carbons (Fsp3) is 0.607. The van der Waals surface area contributed by atoms with Crippen molar-refractivity contribution in [2.45, 2.75) is 71.1 Å². The zero-order chi connectivity index (χ0) is 27.3. The van der Waals surface area contributed by atoms with Crippen molar-refractivity contribution < 1.29 is 22.7 Å². The second-order valence-corrected chi connectivity index (χ2v) is 10.2. The molecule has 1 aromatic heterocycles. The topological polar surface area (TPSA) is 70.6 Å². The quantitative estimate of drug-likeness (QED) is 0.461. The van der Waals surface area contributed by atoms with Crippen LogP contribution in [0.1, 0.15) is 77.9 Å². The van der Waals surface area contributed by atoms with Gasteiger partial charge in [-0.1, -0.05) is 13.0 Å². The normalized spacial score (nSPS) is 20.3. The van der Waals surface area contributed by atoms with Gasteiger partial charge < -0.3 is 15.0 Å². The molecule has 0 bridgehead atoms. The standard InChI is InChI=1S/C28H38F3N5O2/c1-4-11-32-12-6-15-38-25-10-9-23(19(2)20(25)3)24-8-5-7-22-18-35(13-14-36(22)24)26(37)21-16-33-27(34-17-21)28(29,30)31/h9-10,16-17,22,24,32H,4-8,11-15,18H2,1-3H3/t22?,24-/m1/s1. The highest BCUT2D eigenvalue weighted by atomic mass is 19.4. The molecular weight excluding hydrogens is 495 g/mol. The predicted octanol–water partition coefficient (Wildman–Crippen LogP) is 4.93. The summed E-state index contributed by atoms with van der Waals surface area (Å²) in [5, 5.41) is 3.40. The average Bonchev–Trinajstić information content (AvgIpc) is 2.91. The number of carbonyl (C=O) groups is 1. The summed E-state index contributed by atoms with van der Waals surface area (Å²) >= 11 is 0. The van der Waals surface area contributed by atoms with E-state index in [0.29, 0.717) is 26.2 Å². The van der Waals surface area contributed by atoms with Gasteiger partial charge in [-0.15, -0.1) is 0 Å². The van der Waals surface area contributed by atoms with Crippen LogP contribution >= 0.6 is 0 Å². The lowest BCUT2D eigenvalue weighted by molar-refractivity contribution is -0.145. The Labute approximate surface area is 222 Å². The SMILES string of the molecule is CCCNCCCOc1ccc([C@H]2CCCC3CN(C(=O)c4cnc(C(F)(F)F)nc4)CCN32)c(C)c1C. The van der Waals surface area contributed by atoms with Gasteiger partial charge >= 0.3 is 6.18 Å². The number of ether oxygens (including phenoxy) is 1. The highest BCUT2D eigenvalue weighted by Crippen LogP contribution is 2.39. The van der Waals surface area contributed by atoms with Crippen molar-refractivity contribution in [2.24, 2.45) is 0 Å². The number of amides is 1. The minimum atomic E-state index is -4.63. The van der Waals surface area contributed by atoms with Gasteiger partial charge in [0, 0.05) is 44.1 Å². The molecule has 0 saturated carbocycles. The van der Waals surface area contributed by atoms with Crippen LogP contribution in [0.25, 0.3) is 0 Å². The maximum atomic E-state index is 13.0. The molecule has 2 aliphatic rings. The zero-order valence-corrected chi connectivity index (χ0v) is 22.5.